The smallest absolute Gasteiger partial charge is 0.256 e. The lowest BCUT2D eigenvalue weighted by Gasteiger charge is -2.16. The third-order valence-electron chi connectivity index (χ3n) is 6.04. The molecule has 4 heterocycles. The van der Waals surface area contributed by atoms with E-state index in [2.05, 4.69) is 25.8 Å². The fourth-order valence-corrected chi connectivity index (χ4v) is 4.02. The molecule has 3 N–H and O–H groups in total. The summed E-state index contributed by atoms with van der Waals surface area (Å²) < 4.78 is 2.03. The summed E-state index contributed by atoms with van der Waals surface area (Å²) >= 11 is 0. The molecule has 4 aromatic rings. The van der Waals surface area contributed by atoms with Gasteiger partial charge < -0.3 is 15.2 Å². The molecule has 0 spiro atoms. The van der Waals surface area contributed by atoms with E-state index in [1.807, 2.05) is 67.1 Å². The number of amides is 2. The van der Waals surface area contributed by atoms with E-state index in [0.717, 1.165) is 33.8 Å². The lowest BCUT2D eigenvalue weighted by molar-refractivity contribution is 0.0949. The van der Waals surface area contributed by atoms with Crippen molar-refractivity contribution in [2.24, 2.45) is 0 Å². The molecule has 0 radical (unpaired) electrons. The van der Waals surface area contributed by atoms with Gasteiger partial charge in [0.15, 0.2) is 5.82 Å². The van der Waals surface area contributed by atoms with E-state index in [1.165, 1.54) is 0 Å². The van der Waals surface area contributed by atoms with Gasteiger partial charge in [-0.05, 0) is 61.7 Å². The highest BCUT2D eigenvalue weighted by Crippen LogP contribution is 2.33. The summed E-state index contributed by atoms with van der Waals surface area (Å²) in [6.07, 6.45) is 4.25. The Morgan fingerprint density at radius 1 is 1.06 bits per heavy atom. The second-order valence-electron chi connectivity index (χ2n) is 8.24. The number of H-pyrrole nitrogens is 1. The standard InChI is InChI=1S/C25H24N6O2/c1-15-6-7-17(11-16(15)2)25(33)28-23-20-8-10-31-14-18(12-21(31)22(20)29-30-23)24(32)27-13-19-5-3-4-9-26-19/h3-7,9,11-12,14H,8,10,13H2,1-2H3,(H,27,32)(H2,28,29,30,33). The van der Waals surface area contributed by atoms with Crippen molar-refractivity contribution in [2.45, 2.75) is 33.4 Å². The predicted octanol–water partition coefficient (Wildman–Crippen LogP) is 3.63. The second-order valence-corrected chi connectivity index (χ2v) is 8.24. The van der Waals surface area contributed by atoms with Crippen LogP contribution in [-0.2, 0) is 19.5 Å². The van der Waals surface area contributed by atoms with Gasteiger partial charge in [-0.25, -0.2) is 0 Å². The van der Waals surface area contributed by atoms with E-state index in [4.69, 9.17) is 0 Å². The van der Waals surface area contributed by atoms with Crippen LogP contribution in [0.1, 0.15) is 43.1 Å². The number of hydrogen-bond acceptors (Lipinski definition) is 4. The van der Waals surface area contributed by atoms with Crippen molar-refractivity contribution in [2.75, 3.05) is 5.32 Å². The quantitative estimate of drug-likeness (QED) is 0.441. The molecule has 5 rings (SSSR count). The number of nitrogens with zero attached hydrogens (tertiary/aromatic N) is 3. The number of carbonyl (C=O) groups excluding carboxylic acids is 2. The van der Waals surface area contributed by atoms with E-state index < -0.39 is 0 Å². The maximum atomic E-state index is 12.8. The molecule has 1 aliphatic heterocycles. The average molecular weight is 441 g/mol. The monoisotopic (exact) mass is 440 g/mol. The molecule has 0 bridgehead atoms. The number of pyridine rings is 1. The summed E-state index contributed by atoms with van der Waals surface area (Å²) in [7, 11) is 0. The molecule has 1 aliphatic rings. The number of aromatic amines is 1. The highest BCUT2D eigenvalue weighted by molar-refractivity contribution is 6.04. The molecule has 1 aromatic carbocycles. The molecule has 0 fully saturated rings. The summed E-state index contributed by atoms with van der Waals surface area (Å²) in [6, 6.07) is 13.1. The van der Waals surface area contributed by atoms with Gasteiger partial charge in [0.1, 0.15) is 0 Å². The Labute approximate surface area is 191 Å². The van der Waals surface area contributed by atoms with E-state index in [9.17, 15) is 9.59 Å². The first-order chi connectivity index (χ1) is 16.0. The van der Waals surface area contributed by atoms with Crippen LogP contribution in [0.2, 0.25) is 0 Å². The van der Waals surface area contributed by atoms with Gasteiger partial charge in [-0.1, -0.05) is 12.1 Å². The van der Waals surface area contributed by atoms with Crippen LogP contribution in [0.25, 0.3) is 11.4 Å². The Bertz CT molecular complexity index is 1350. The first-order valence-electron chi connectivity index (χ1n) is 10.8. The number of nitrogens with one attached hydrogen (secondary N) is 3. The number of aryl methyl sites for hydroxylation is 3. The first-order valence-corrected chi connectivity index (χ1v) is 10.8. The average Bonchev–Trinajstić information content (AvgIpc) is 3.44. The predicted molar refractivity (Wildman–Crippen MR) is 125 cm³/mol. The van der Waals surface area contributed by atoms with Gasteiger partial charge >= 0.3 is 0 Å². The van der Waals surface area contributed by atoms with Crippen LogP contribution in [-0.4, -0.2) is 31.6 Å². The topological polar surface area (TPSA) is 105 Å². The lowest BCUT2D eigenvalue weighted by atomic mass is 10.0. The number of benzene rings is 1. The third kappa shape index (κ3) is 4.03. The van der Waals surface area contributed by atoms with Gasteiger partial charge in [-0.15, -0.1) is 0 Å². The minimum absolute atomic E-state index is 0.160. The Morgan fingerprint density at radius 2 is 1.94 bits per heavy atom. The number of carbonyl (C=O) groups is 2. The summed E-state index contributed by atoms with van der Waals surface area (Å²) in [5, 5.41) is 13.2. The summed E-state index contributed by atoms with van der Waals surface area (Å²) in [5.41, 5.74) is 6.82. The Balaban J connectivity index is 1.33. The van der Waals surface area contributed by atoms with Gasteiger partial charge in [-0.2, -0.15) is 5.10 Å². The summed E-state index contributed by atoms with van der Waals surface area (Å²) in [6.45, 7) is 5.07. The van der Waals surface area contributed by atoms with Gasteiger partial charge in [0, 0.05) is 30.1 Å². The van der Waals surface area contributed by atoms with Crippen LogP contribution in [0.5, 0.6) is 0 Å². The van der Waals surface area contributed by atoms with Crippen LogP contribution < -0.4 is 10.6 Å². The summed E-state index contributed by atoms with van der Waals surface area (Å²) in [4.78, 5) is 29.7. The molecule has 0 aliphatic carbocycles. The molecule has 3 aromatic heterocycles. The largest absolute Gasteiger partial charge is 0.346 e. The zero-order valence-corrected chi connectivity index (χ0v) is 18.5. The Morgan fingerprint density at radius 3 is 2.73 bits per heavy atom. The normalized spacial score (nSPS) is 12.1. The molecule has 0 saturated heterocycles. The highest BCUT2D eigenvalue weighted by atomic mass is 16.2. The van der Waals surface area contributed by atoms with Crippen LogP contribution in [0, 0.1) is 13.8 Å². The molecule has 8 nitrogen and oxygen atoms in total. The maximum absolute atomic E-state index is 12.8. The van der Waals surface area contributed by atoms with Crippen molar-refractivity contribution in [3.05, 3.63) is 88.4 Å². The van der Waals surface area contributed by atoms with E-state index in [0.29, 0.717) is 36.5 Å². The Kier molecular flexibility index (Phi) is 5.26. The molecule has 0 saturated carbocycles. The number of hydrogen-bond donors (Lipinski definition) is 3. The number of fused-ring (bicyclic) bond motifs is 3. The molecule has 33 heavy (non-hydrogen) atoms. The van der Waals surface area contributed by atoms with E-state index in [1.54, 1.807) is 6.20 Å². The fourth-order valence-electron chi connectivity index (χ4n) is 4.02. The molecule has 166 valence electrons. The van der Waals surface area contributed by atoms with Crippen LogP contribution in [0.15, 0.2) is 54.9 Å². The summed E-state index contributed by atoms with van der Waals surface area (Å²) in [5.74, 6) is 0.177. The van der Waals surface area contributed by atoms with Gasteiger partial charge in [-0.3, -0.25) is 19.7 Å². The van der Waals surface area contributed by atoms with Crippen molar-refractivity contribution in [3.8, 4) is 11.4 Å². The second kappa shape index (κ2) is 8.38. The zero-order valence-electron chi connectivity index (χ0n) is 18.5. The van der Waals surface area contributed by atoms with Crippen LogP contribution in [0.4, 0.5) is 5.82 Å². The van der Waals surface area contributed by atoms with Crippen molar-refractivity contribution in [3.63, 3.8) is 0 Å². The van der Waals surface area contributed by atoms with E-state index >= 15 is 0 Å². The molecule has 2 amide bonds. The highest BCUT2D eigenvalue weighted by Gasteiger charge is 2.25. The van der Waals surface area contributed by atoms with Crippen molar-refractivity contribution < 1.29 is 9.59 Å². The minimum atomic E-state index is -0.192. The van der Waals surface area contributed by atoms with Gasteiger partial charge in [0.25, 0.3) is 11.8 Å². The molecular formula is C25H24N6O2. The number of aromatic nitrogens is 4. The molecule has 0 atom stereocenters. The molecule has 0 unspecified atom stereocenters. The number of rotatable bonds is 5. The number of anilines is 1. The maximum Gasteiger partial charge on any atom is 0.256 e. The van der Waals surface area contributed by atoms with Crippen molar-refractivity contribution in [1.82, 2.24) is 25.1 Å². The van der Waals surface area contributed by atoms with Crippen molar-refractivity contribution >= 4 is 17.6 Å². The third-order valence-corrected chi connectivity index (χ3v) is 6.04. The first kappa shape index (κ1) is 20.7. The zero-order chi connectivity index (χ0) is 22.9. The SMILES string of the molecule is Cc1ccc(C(=O)Nc2n[nH]c3c2CCn2cc(C(=O)NCc4ccccn4)cc2-3)cc1C. The Hall–Kier alpha value is -4.20. The van der Waals surface area contributed by atoms with Crippen molar-refractivity contribution in [1.29, 1.82) is 0 Å². The fraction of sp³-hybridized carbons (Fsp3) is 0.200. The molecule has 8 heteroatoms. The van der Waals surface area contributed by atoms with E-state index in [-0.39, 0.29) is 11.8 Å². The van der Waals surface area contributed by atoms with Gasteiger partial charge in [0.05, 0.1) is 29.2 Å². The lowest BCUT2D eigenvalue weighted by Crippen LogP contribution is -2.22. The molecular weight excluding hydrogens is 416 g/mol. The van der Waals surface area contributed by atoms with Crippen LogP contribution in [0.3, 0.4) is 0 Å². The minimum Gasteiger partial charge on any atom is -0.346 e. The van der Waals surface area contributed by atoms with Crippen LogP contribution >= 0.6 is 0 Å². The van der Waals surface area contributed by atoms with Gasteiger partial charge in [0.2, 0.25) is 0 Å².